The Kier molecular flexibility index (Phi) is 6.08. The molecule has 0 saturated heterocycles. The first-order valence-corrected chi connectivity index (χ1v) is 10.8. The van der Waals surface area contributed by atoms with Gasteiger partial charge in [-0.05, 0) is 67.1 Å². The minimum atomic E-state index is -0.738. The van der Waals surface area contributed by atoms with Crippen LogP contribution in [0.2, 0.25) is 0 Å². The molecule has 1 saturated carbocycles. The zero-order chi connectivity index (χ0) is 20.2. The highest BCUT2D eigenvalue weighted by Crippen LogP contribution is 2.45. The Morgan fingerprint density at radius 1 is 1.10 bits per heavy atom. The number of hydrogen-bond donors (Lipinski definition) is 1. The van der Waals surface area contributed by atoms with Gasteiger partial charge in [-0.25, -0.2) is 0 Å². The maximum Gasteiger partial charge on any atom is 0.303 e. The Bertz CT molecular complexity index is 842. The van der Waals surface area contributed by atoms with Crippen molar-refractivity contribution in [1.29, 1.82) is 0 Å². The summed E-state index contributed by atoms with van der Waals surface area (Å²) >= 11 is 0. The zero-order valence-electron chi connectivity index (χ0n) is 17.1. The molecule has 2 aromatic carbocycles. The molecule has 0 radical (unpaired) electrons. The van der Waals surface area contributed by atoms with E-state index in [0.29, 0.717) is 31.5 Å². The molecule has 0 spiro atoms. The zero-order valence-corrected chi connectivity index (χ0v) is 17.1. The first kappa shape index (κ1) is 19.8. The number of rotatable bonds is 7. The molecule has 0 aromatic heterocycles. The lowest BCUT2D eigenvalue weighted by molar-refractivity contribution is -0.136. The van der Waals surface area contributed by atoms with E-state index in [1.54, 1.807) is 0 Å². The molecule has 4 rings (SSSR count). The molecule has 1 aliphatic carbocycles. The van der Waals surface area contributed by atoms with Crippen LogP contribution in [0.3, 0.4) is 0 Å². The van der Waals surface area contributed by atoms with Crippen molar-refractivity contribution in [3.05, 3.63) is 59.2 Å². The van der Waals surface area contributed by atoms with Crippen molar-refractivity contribution >= 4 is 5.97 Å². The van der Waals surface area contributed by atoms with Crippen molar-refractivity contribution in [2.24, 2.45) is 5.92 Å². The van der Waals surface area contributed by atoms with Gasteiger partial charge in [0.05, 0.1) is 0 Å². The highest BCUT2D eigenvalue weighted by atomic mass is 16.6. The second-order valence-corrected chi connectivity index (χ2v) is 8.52. The van der Waals surface area contributed by atoms with Crippen LogP contribution in [0.5, 0.6) is 11.5 Å². The molecule has 2 aliphatic rings. The molecule has 0 amide bonds. The van der Waals surface area contributed by atoms with Crippen molar-refractivity contribution in [2.75, 3.05) is 13.2 Å². The lowest BCUT2D eigenvalue weighted by atomic mass is 9.87. The van der Waals surface area contributed by atoms with E-state index in [1.807, 2.05) is 6.07 Å². The summed E-state index contributed by atoms with van der Waals surface area (Å²) in [7, 11) is 0. The summed E-state index contributed by atoms with van der Waals surface area (Å²) in [6, 6.07) is 14.8. The number of para-hydroxylation sites is 1. The minimum absolute atomic E-state index is 0.195. The maximum absolute atomic E-state index is 10.7. The van der Waals surface area contributed by atoms with Crippen LogP contribution in [0.25, 0.3) is 0 Å². The molecular formula is C25H30O4. The Balaban J connectivity index is 1.35. The predicted molar refractivity (Wildman–Crippen MR) is 113 cm³/mol. The van der Waals surface area contributed by atoms with Crippen LogP contribution in [0.15, 0.2) is 42.5 Å². The fourth-order valence-corrected chi connectivity index (χ4v) is 4.91. The number of fused-ring (bicyclic) bond motifs is 1. The van der Waals surface area contributed by atoms with Crippen molar-refractivity contribution in [2.45, 2.75) is 57.3 Å². The summed E-state index contributed by atoms with van der Waals surface area (Å²) in [6.07, 6.45) is 5.70. The van der Waals surface area contributed by atoms with Gasteiger partial charge in [-0.15, -0.1) is 0 Å². The van der Waals surface area contributed by atoms with Gasteiger partial charge in [0.2, 0.25) is 0 Å². The Morgan fingerprint density at radius 2 is 1.90 bits per heavy atom. The molecule has 1 N–H and O–H groups in total. The van der Waals surface area contributed by atoms with Crippen LogP contribution in [0.1, 0.15) is 67.6 Å². The highest BCUT2D eigenvalue weighted by Gasteiger charge is 2.29. The fraction of sp³-hybridized carbons (Fsp3) is 0.480. The van der Waals surface area contributed by atoms with Crippen LogP contribution in [-0.2, 0) is 11.2 Å². The molecule has 3 atom stereocenters. The molecule has 0 unspecified atom stereocenters. The summed E-state index contributed by atoms with van der Waals surface area (Å²) in [5.74, 6) is 2.88. The van der Waals surface area contributed by atoms with Gasteiger partial charge < -0.3 is 14.6 Å². The van der Waals surface area contributed by atoms with Crippen LogP contribution >= 0.6 is 0 Å². The van der Waals surface area contributed by atoms with Crippen molar-refractivity contribution in [3.63, 3.8) is 0 Å². The van der Waals surface area contributed by atoms with E-state index >= 15 is 0 Å². The quantitative estimate of drug-likeness (QED) is 0.669. The molecule has 0 bridgehead atoms. The van der Waals surface area contributed by atoms with Crippen molar-refractivity contribution in [3.8, 4) is 11.5 Å². The third-order valence-electron chi connectivity index (χ3n) is 6.43. The van der Waals surface area contributed by atoms with Crippen molar-refractivity contribution in [1.82, 2.24) is 0 Å². The Labute approximate surface area is 172 Å². The molecule has 154 valence electrons. The number of hydrogen-bond acceptors (Lipinski definition) is 3. The van der Waals surface area contributed by atoms with Gasteiger partial charge in [0.15, 0.2) is 11.5 Å². The average molecular weight is 395 g/mol. The SMILES string of the molecule is C[C@@H](C[C@H]1CC[C@H](c2ccc(CCC(=O)O)cc2)C1)c1cccc2c1OCCO2. The molecule has 4 heteroatoms. The van der Waals surface area contributed by atoms with Gasteiger partial charge in [0, 0.05) is 12.0 Å². The summed E-state index contributed by atoms with van der Waals surface area (Å²) in [6.45, 7) is 3.56. The minimum Gasteiger partial charge on any atom is -0.486 e. The predicted octanol–water partition coefficient (Wildman–Crippen LogP) is 5.55. The van der Waals surface area contributed by atoms with Gasteiger partial charge in [0.25, 0.3) is 0 Å². The maximum atomic E-state index is 10.7. The number of carbonyl (C=O) groups is 1. The number of benzene rings is 2. The molecule has 1 fully saturated rings. The van der Waals surface area contributed by atoms with E-state index in [0.717, 1.165) is 23.0 Å². The molecule has 29 heavy (non-hydrogen) atoms. The third-order valence-corrected chi connectivity index (χ3v) is 6.43. The van der Waals surface area contributed by atoms with Crippen LogP contribution in [-0.4, -0.2) is 24.3 Å². The van der Waals surface area contributed by atoms with E-state index in [2.05, 4.69) is 43.3 Å². The average Bonchev–Trinajstić information content (AvgIpc) is 3.20. The van der Waals surface area contributed by atoms with E-state index < -0.39 is 5.97 Å². The van der Waals surface area contributed by atoms with Gasteiger partial charge >= 0.3 is 5.97 Å². The second-order valence-electron chi connectivity index (χ2n) is 8.52. The van der Waals surface area contributed by atoms with E-state index in [1.165, 1.54) is 36.8 Å². The van der Waals surface area contributed by atoms with Crippen LogP contribution < -0.4 is 9.47 Å². The molecular weight excluding hydrogens is 364 g/mol. The number of aliphatic carboxylic acids is 1. The van der Waals surface area contributed by atoms with E-state index in [9.17, 15) is 4.79 Å². The first-order valence-electron chi connectivity index (χ1n) is 10.8. The normalized spacial score (nSPS) is 21.7. The summed E-state index contributed by atoms with van der Waals surface area (Å²) in [5, 5.41) is 8.84. The number of aryl methyl sites for hydroxylation is 1. The van der Waals surface area contributed by atoms with Gasteiger partial charge in [-0.2, -0.15) is 0 Å². The van der Waals surface area contributed by atoms with E-state index in [4.69, 9.17) is 14.6 Å². The smallest absolute Gasteiger partial charge is 0.303 e. The summed E-state index contributed by atoms with van der Waals surface area (Å²) in [4.78, 5) is 10.7. The van der Waals surface area contributed by atoms with Crippen LogP contribution in [0, 0.1) is 5.92 Å². The monoisotopic (exact) mass is 394 g/mol. The van der Waals surface area contributed by atoms with E-state index in [-0.39, 0.29) is 6.42 Å². The standard InChI is InChI=1S/C25H30O4/c1-17(22-3-2-4-23-25(22)29-14-13-28-23)15-19-7-11-21(16-19)20-9-5-18(6-10-20)8-12-24(26)27/h2-6,9-10,17,19,21H,7-8,11-16H2,1H3,(H,26,27)/t17-,19+,21-/m0/s1. The van der Waals surface area contributed by atoms with Gasteiger partial charge in [-0.1, -0.05) is 43.3 Å². The molecule has 2 aromatic rings. The Morgan fingerprint density at radius 3 is 2.69 bits per heavy atom. The van der Waals surface area contributed by atoms with Gasteiger partial charge in [0.1, 0.15) is 13.2 Å². The Hall–Kier alpha value is -2.49. The van der Waals surface area contributed by atoms with Crippen LogP contribution in [0.4, 0.5) is 0 Å². The second kappa shape index (κ2) is 8.89. The van der Waals surface area contributed by atoms with Crippen molar-refractivity contribution < 1.29 is 19.4 Å². The number of ether oxygens (including phenoxy) is 2. The number of carboxylic acid groups (broad SMARTS) is 1. The third kappa shape index (κ3) is 4.75. The topological polar surface area (TPSA) is 55.8 Å². The lowest BCUT2D eigenvalue weighted by Crippen LogP contribution is -2.17. The highest BCUT2D eigenvalue weighted by molar-refractivity contribution is 5.67. The largest absolute Gasteiger partial charge is 0.486 e. The summed E-state index contributed by atoms with van der Waals surface area (Å²) < 4.78 is 11.7. The fourth-order valence-electron chi connectivity index (χ4n) is 4.91. The van der Waals surface area contributed by atoms with Gasteiger partial charge in [-0.3, -0.25) is 4.79 Å². The molecule has 4 nitrogen and oxygen atoms in total. The lowest BCUT2D eigenvalue weighted by Gasteiger charge is -2.25. The first-order chi connectivity index (χ1) is 14.1. The number of carboxylic acids is 1. The molecule has 1 heterocycles. The molecule has 1 aliphatic heterocycles. The summed E-state index contributed by atoms with van der Waals surface area (Å²) in [5.41, 5.74) is 3.77.